The molecule has 0 aliphatic rings. The van der Waals surface area contributed by atoms with Gasteiger partial charge in [0.2, 0.25) is 0 Å². The SMILES string of the molecule is Cc1ccccc1SCC(=O)Cc1cc(F)ccc1Br. The summed E-state index contributed by atoms with van der Waals surface area (Å²) in [5, 5.41) is 0. The lowest BCUT2D eigenvalue weighted by molar-refractivity contribution is -0.116. The molecule has 4 heteroatoms. The number of halogens is 2. The van der Waals surface area contributed by atoms with Crippen LogP contribution >= 0.6 is 27.7 Å². The zero-order valence-electron chi connectivity index (χ0n) is 11.0. The summed E-state index contributed by atoms with van der Waals surface area (Å²) >= 11 is 4.87. The third-order valence-electron chi connectivity index (χ3n) is 2.88. The third-order valence-corrected chi connectivity index (χ3v) is 4.89. The molecule has 1 nitrogen and oxygen atoms in total. The molecule has 0 unspecified atom stereocenters. The molecular weight excluding hydrogens is 339 g/mol. The first-order valence-electron chi connectivity index (χ1n) is 6.20. The van der Waals surface area contributed by atoms with Gasteiger partial charge in [0, 0.05) is 15.8 Å². The van der Waals surface area contributed by atoms with Crippen LogP contribution in [0.4, 0.5) is 4.39 Å². The van der Waals surface area contributed by atoms with E-state index < -0.39 is 0 Å². The average molecular weight is 353 g/mol. The Morgan fingerprint density at radius 1 is 1.25 bits per heavy atom. The molecule has 0 aromatic heterocycles. The van der Waals surface area contributed by atoms with Gasteiger partial charge in [-0.25, -0.2) is 4.39 Å². The van der Waals surface area contributed by atoms with Crippen LogP contribution in [0.25, 0.3) is 0 Å². The molecule has 20 heavy (non-hydrogen) atoms. The second-order valence-corrected chi connectivity index (χ2v) is 6.38. The summed E-state index contributed by atoms with van der Waals surface area (Å²) < 4.78 is 13.9. The number of Topliss-reactive ketones (excluding diaryl/α,β-unsaturated/α-hetero) is 1. The van der Waals surface area contributed by atoms with E-state index in [1.807, 2.05) is 31.2 Å². The molecular formula is C16H14BrFOS. The first kappa shape index (κ1) is 15.3. The summed E-state index contributed by atoms with van der Waals surface area (Å²) in [6.45, 7) is 2.02. The van der Waals surface area contributed by atoms with Crippen LogP contribution < -0.4 is 0 Å². The van der Waals surface area contributed by atoms with Gasteiger partial charge in [-0.05, 0) is 42.3 Å². The second kappa shape index (κ2) is 7.04. The van der Waals surface area contributed by atoms with Gasteiger partial charge < -0.3 is 0 Å². The Morgan fingerprint density at radius 3 is 2.75 bits per heavy atom. The number of hydrogen-bond acceptors (Lipinski definition) is 2. The highest BCUT2D eigenvalue weighted by molar-refractivity contribution is 9.10. The molecule has 0 N–H and O–H groups in total. The molecule has 0 radical (unpaired) electrons. The smallest absolute Gasteiger partial charge is 0.147 e. The predicted molar refractivity (Wildman–Crippen MR) is 84.7 cm³/mol. The van der Waals surface area contributed by atoms with Crippen molar-refractivity contribution in [3.05, 3.63) is 63.9 Å². The summed E-state index contributed by atoms with van der Waals surface area (Å²) in [5.41, 5.74) is 1.86. The topological polar surface area (TPSA) is 17.1 Å². The standard InChI is InChI=1S/C16H14BrFOS/c1-11-4-2-3-5-16(11)20-10-14(19)9-12-8-13(18)6-7-15(12)17/h2-8H,9-10H2,1H3. The van der Waals surface area contributed by atoms with Gasteiger partial charge in [0.25, 0.3) is 0 Å². The lowest BCUT2D eigenvalue weighted by Gasteiger charge is -2.06. The van der Waals surface area contributed by atoms with Crippen molar-refractivity contribution in [3.8, 4) is 0 Å². The Bertz CT molecular complexity index is 628. The van der Waals surface area contributed by atoms with E-state index in [9.17, 15) is 9.18 Å². The Kier molecular flexibility index (Phi) is 5.38. The Morgan fingerprint density at radius 2 is 2.00 bits per heavy atom. The summed E-state index contributed by atoms with van der Waals surface area (Å²) in [5.74, 6) is 0.167. The number of carbonyl (C=O) groups is 1. The second-order valence-electron chi connectivity index (χ2n) is 4.51. The highest BCUT2D eigenvalue weighted by Crippen LogP contribution is 2.23. The van der Waals surface area contributed by atoms with Crippen LogP contribution in [0.15, 0.2) is 51.8 Å². The lowest BCUT2D eigenvalue weighted by atomic mass is 10.1. The summed E-state index contributed by atoms with van der Waals surface area (Å²) in [4.78, 5) is 13.1. The van der Waals surface area contributed by atoms with Crippen LogP contribution in [0.2, 0.25) is 0 Å². The van der Waals surface area contributed by atoms with E-state index in [1.54, 1.807) is 6.07 Å². The molecule has 104 valence electrons. The maximum absolute atomic E-state index is 13.2. The van der Waals surface area contributed by atoms with Crippen molar-refractivity contribution in [1.82, 2.24) is 0 Å². The van der Waals surface area contributed by atoms with Gasteiger partial charge in [-0.15, -0.1) is 11.8 Å². The molecule has 0 bridgehead atoms. The van der Waals surface area contributed by atoms with E-state index in [-0.39, 0.29) is 18.0 Å². The highest BCUT2D eigenvalue weighted by Gasteiger charge is 2.09. The first-order valence-corrected chi connectivity index (χ1v) is 7.98. The van der Waals surface area contributed by atoms with Crippen LogP contribution in [-0.4, -0.2) is 11.5 Å². The molecule has 0 spiro atoms. The van der Waals surface area contributed by atoms with Gasteiger partial charge in [0.05, 0.1) is 5.75 Å². The summed E-state index contributed by atoms with van der Waals surface area (Å²) in [6, 6.07) is 12.4. The van der Waals surface area contributed by atoms with Crippen molar-refractivity contribution in [1.29, 1.82) is 0 Å². The molecule has 0 aliphatic carbocycles. The van der Waals surface area contributed by atoms with Crippen molar-refractivity contribution in [2.24, 2.45) is 0 Å². The quantitative estimate of drug-likeness (QED) is 0.719. The lowest BCUT2D eigenvalue weighted by Crippen LogP contribution is -2.06. The van der Waals surface area contributed by atoms with Crippen LogP contribution in [-0.2, 0) is 11.2 Å². The molecule has 0 saturated heterocycles. The maximum Gasteiger partial charge on any atom is 0.147 e. The Hall–Kier alpha value is -1.13. The Balaban J connectivity index is 1.96. The molecule has 2 aromatic rings. The molecule has 0 heterocycles. The molecule has 0 saturated carbocycles. The monoisotopic (exact) mass is 352 g/mol. The van der Waals surface area contributed by atoms with Crippen molar-refractivity contribution >= 4 is 33.5 Å². The normalized spacial score (nSPS) is 10.6. The zero-order valence-corrected chi connectivity index (χ0v) is 13.4. The maximum atomic E-state index is 13.2. The molecule has 2 rings (SSSR count). The van der Waals surface area contributed by atoms with Gasteiger partial charge in [0.15, 0.2) is 0 Å². The number of thioether (sulfide) groups is 1. The highest BCUT2D eigenvalue weighted by atomic mass is 79.9. The van der Waals surface area contributed by atoms with Crippen LogP contribution in [0, 0.1) is 12.7 Å². The number of hydrogen-bond donors (Lipinski definition) is 0. The number of carbonyl (C=O) groups excluding carboxylic acids is 1. The van der Waals surface area contributed by atoms with Gasteiger partial charge in [-0.2, -0.15) is 0 Å². The van der Waals surface area contributed by atoms with Crippen LogP contribution in [0.3, 0.4) is 0 Å². The zero-order chi connectivity index (χ0) is 14.5. The van der Waals surface area contributed by atoms with E-state index in [0.29, 0.717) is 11.3 Å². The fourth-order valence-corrected chi connectivity index (χ4v) is 3.09. The van der Waals surface area contributed by atoms with Gasteiger partial charge in [-0.1, -0.05) is 34.1 Å². The summed E-state index contributed by atoms with van der Waals surface area (Å²) in [6.07, 6.45) is 0.247. The van der Waals surface area contributed by atoms with E-state index in [4.69, 9.17) is 0 Å². The number of benzene rings is 2. The molecule has 0 amide bonds. The number of rotatable bonds is 5. The van der Waals surface area contributed by atoms with Crippen LogP contribution in [0.1, 0.15) is 11.1 Å². The first-order chi connectivity index (χ1) is 9.56. The summed E-state index contributed by atoms with van der Waals surface area (Å²) in [7, 11) is 0. The van der Waals surface area contributed by atoms with E-state index in [0.717, 1.165) is 14.9 Å². The molecule has 0 aliphatic heterocycles. The van der Waals surface area contributed by atoms with E-state index in [1.165, 1.54) is 23.9 Å². The minimum atomic E-state index is -0.317. The average Bonchev–Trinajstić information content (AvgIpc) is 2.42. The molecule has 0 fully saturated rings. The van der Waals surface area contributed by atoms with E-state index >= 15 is 0 Å². The fraction of sp³-hybridized carbons (Fsp3) is 0.188. The number of ketones is 1. The van der Waals surface area contributed by atoms with Crippen molar-refractivity contribution in [3.63, 3.8) is 0 Å². The third kappa shape index (κ3) is 4.18. The van der Waals surface area contributed by atoms with Gasteiger partial charge in [0.1, 0.15) is 11.6 Å². The predicted octanol–water partition coefficient (Wildman–Crippen LogP) is 4.80. The van der Waals surface area contributed by atoms with Gasteiger partial charge in [-0.3, -0.25) is 4.79 Å². The minimum Gasteiger partial charge on any atom is -0.298 e. The van der Waals surface area contributed by atoms with Crippen molar-refractivity contribution < 1.29 is 9.18 Å². The largest absolute Gasteiger partial charge is 0.298 e. The Labute approximate surface area is 130 Å². The number of aryl methyl sites for hydroxylation is 1. The fourth-order valence-electron chi connectivity index (χ4n) is 1.82. The van der Waals surface area contributed by atoms with Gasteiger partial charge >= 0.3 is 0 Å². The molecule has 0 atom stereocenters. The minimum absolute atomic E-state index is 0.0875. The van der Waals surface area contributed by atoms with Crippen molar-refractivity contribution in [2.75, 3.05) is 5.75 Å². The van der Waals surface area contributed by atoms with Crippen LogP contribution in [0.5, 0.6) is 0 Å². The molecule has 2 aromatic carbocycles. The van der Waals surface area contributed by atoms with Crippen molar-refractivity contribution in [2.45, 2.75) is 18.2 Å². The van der Waals surface area contributed by atoms with E-state index in [2.05, 4.69) is 15.9 Å².